The van der Waals surface area contributed by atoms with Crippen molar-refractivity contribution in [1.29, 1.82) is 0 Å². The number of furan rings is 1. The molecule has 0 atom stereocenters. The van der Waals surface area contributed by atoms with Crippen LogP contribution in [0.1, 0.15) is 23.8 Å². The van der Waals surface area contributed by atoms with E-state index in [9.17, 15) is 0 Å². The van der Waals surface area contributed by atoms with Crippen molar-refractivity contribution in [2.24, 2.45) is 0 Å². The van der Waals surface area contributed by atoms with Gasteiger partial charge < -0.3 is 14.7 Å². The minimum atomic E-state index is 0. The minimum Gasteiger partial charge on any atom is -0.465 e. The zero-order valence-corrected chi connectivity index (χ0v) is 14.1. The van der Waals surface area contributed by atoms with Gasteiger partial charge in [-0.25, -0.2) is 4.98 Å². The second kappa shape index (κ2) is 8.83. The van der Waals surface area contributed by atoms with E-state index in [4.69, 9.17) is 4.42 Å². The highest BCUT2D eigenvalue weighted by Crippen LogP contribution is 2.11. The summed E-state index contributed by atoms with van der Waals surface area (Å²) in [7, 11) is 0. The maximum atomic E-state index is 5.51. The SMILES string of the molecule is Cc1ccc(CNCCCc2nc3ccccc3[nH]2)o1.Cl.Cl. The molecule has 120 valence electrons. The Kier molecular flexibility index (Phi) is 7.45. The van der Waals surface area contributed by atoms with Crippen molar-refractivity contribution >= 4 is 35.8 Å². The summed E-state index contributed by atoms with van der Waals surface area (Å²) < 4.78 is 5.51. The first-order valence-electron chi connectivity index (χ1n) is 7.01. The summed E-state index contributed by atoms with van der Waals surface area (Å²) in [6.07, 6.45) is 2.01. The molecule has 0 aliphatic carbocycles. The third kappa shape index (κ3) is 4.77. The molecule has 0 unspecified atom stereocenters. The molecule has 0 saturated carbocycles. The van der Waals surface area contributed by atoms with E-state index in [-0.39, 0.29) is 24.8 Å². The van der Waals surface area contributed by atoms with E-state index in [1.54, 1.807) is 0 Å². The third-order valence-corrected chi connectivity index (χ3v) is 3.30. The van der Waals surface area contributed by atoms with Crippen molar-refractivity contribution in [3.05, 3.63) is 53.7 Å². The van der Waals surface area contributed by atoms with Gasteiger partial charge in [0.1, 0.15) is 17.3 Å². The number of aromatic amines is 1. The van der Waals surface area contributed by atoms with Crippen LogP contribution in [-0.4, -0.2) is 16.5 Å². The second-order valence-corrected chi connectivity index (χ2v) is 4.99. The highest BCUT2D eigenvalue weighted by molar-refractivity contribution is 5.85. The monoisotopic (exact) mass is 341 g/mol. The van der Waals surface area contributed by atoms with E-state index in [0.29, 0.717) is 0 Å². The lowest BCUT2D eigenvalue weighted by atomic mass is 10.3. The molecule has 22 heavy (non-hydrogen) atoms. The lowest BCUT2D eigenvalue weighted by molar-refractivity contribution is 0.460. The number of H-pyrrole nitrogens is 1. The first kappa shape index (κ1) is 18.6. The standard InChI is InChI=1S/C16H19N3O.2ClH/c1-12-8-9-13(20-12)11-17-10-4-7-16-18-14-5-2-3-6-15(14)19-16;;/h2-3,5-6,8-9,17H,4,7,10-11H2,1H3,(H,18,19);2*1H. The van der Waals surface area contributed by atoms with Crippen LogP contribution in [0.25, 0.3) is 11.0 Å². The van der Waals surface area contributed by atoms with Crippen LogP contribution in [0.15, 0.2) is 40.8 Å². The van der Waals surface area contributed by atoms with Crippen LogP contribution in [0.5, 0.6) is 0 Å². The van der Waals surface area contributed by atoms with Gasteiger partial charge in [0, 0.05) is 6.42 Å². The number of fused-ring (bicyclic) bond motifs is 1. The number of imidazole rings is 1. The zero-order valence-electron chi connectivity index (χ0n) is 12.5. The first-order chi connectivity index (χ1) is 9.81. The Hall–Kier alpha value is -1.49. The molecule has 2 aromatic heterocycles. The van der Waals surface area contributed by atoms with Gasteiger partial charge in [0.15, 0.2) is 0 Å². The summed E-state index contributed by atoms with van der Waals surface area (Å²) in [5, 5.41) is 3.38. The molecule has 2 N–H and O–H groups in total. The average Bonchev–Trinajstić information content (AvgIpc) is 3.04. The van der Waals surface area contributed by atoms with Crippen molar-refractivity contribution < 1.29 is 4.42 Å². The van der Waals surface area contributed by atoms with Crippen LogP contribution in [0.2, 0.25) is 0 Å². The van der Waals surface area contributed by atoms with Crippen molar-refractivity contribution in [2.45, 2.75) is 26.3 Å². The Morgan fingerprint density at radius 3 is 2.68 bits per heavy atom. The Balaban J connectivity index is 0.00000121. The second-order valence-electron chi connectivity index (χ2n) is 4.99. The number of hydrogen-bond acceptors (Lipinski definition) is 3. The van der Waals surface area contributed by atoms with E-state index in [1.165, 1.54) is 0 Å². The van der Waals surface area contributed by atoms with Gasteiger partial charge in [-0.05, 0) is 44.2 Å². The highest BCUT2D eigenvalue weighted by Gasteiger charge is 2.02. The molecule has 0 fully saturated rings. The fourth-order valence-electron chi connectivity index (χ4n) is 2.30. The normalized spacial score (nSPS) is 10.2. The molecule has 0 radical (unpaired) electrons. The van der Waals surface area contributed by atoms with Gasteiger partial charge in [-0.3, -0.25) is 0 Å². The van der Waals surface area contributed by atoms with Crippen LogP contribution in [0, 0.1) is 6.92 Å². The Morgan fingerprint density at radius 2 is 1.95 bits per heavy atom. The van der Waals surface area contributed by atoms with Crippen molar-refractivity contribution in [3.63, 3.8) is 0 Å². The molecular weight excluding hydrogens is 321 g/mol. The van der Waals surface area contributed by atoms with Gasteiger partial charge in [0.25, 0.3) is 0 Å². The Morgan fingerprint density at radius 1 is 1.14 bits per heavy atom. The largest absolute Gasteiger partial charge is 0.465 e. The Labute approximate surface area is 142 Å². The Bertz CT molecular complexity index is 660. The predicted molar refractivity (Wildman–Crippen MR) is 94.1 cm³/mol. The van der Waals surface area contributed by atoms with E-state index < -0.39 is 0 Å². The summed E-state index contributed by atoms with van der Waals surface area (Å²) in [5.74, 6) is 3.01. The molecule has 0 saturated heterocycles. The van der Waals surface area contributed by atoms with Crippen molar-refractivity contribution in [1.82, 2.24) is 15.3 Å². The van der Waals surface area contributed by atoms with Gasteiger partial charge in [-0.15, -0.1) is 24.8 Å². The smallest absolute Gasteiger partial charge is 0.117 e. The van der Waals surface area contributed by atoms with Crippen LogP contribution >= 0.6 is 24.8 Å². The number of nitrogens with one attached hydrogen (secondary N) is 2. The van der Waals surface area contributed by atoms with Crippen molar-refractivity contribution in [2.75, 3.05) is 6.54 Å². The molecular formula is C16H21Cl2N3O. The molecule has 3 aromatic rings. The van der Waals surface area contributed by atoms with E-state index >= 15 is 0 Å². The topological polar surface area (TPSA) is 53.9 Å². The number of halogens is 2. The molecule has 0 spiro atoms. The van der Waals surface area contributed by atoms with Gasteiger partial charge in [0.05, 0.1) is 17.6 Å². The number of nitrogens with zero attached hydrogens (tertiary/aromatic N) is 1. The molecule has 0 bridgehead atoms. The van der Waals surface area contributed by atoms with Gasteiger partial charge in [0.2, 0.25) is 0 Å². The fourth-order valence-corrected chi connectivity index (χ4v) is 2.30. The number of aromatic nitrogens is 2. The van der Waals surface area contributed by atoms with E-state index in [1.807, 2.05) is 37.3 Å². The number of benzene rings is 1. The maximum Gasteiger partial charge on any atom is 0.117 e. The van der Waals surface area contributed by atoms with E-state index in [2.05, 4.69) is 21.4 Å². The molecule has 4 nitrogen and oxygen atoms in total. The molecule has 0 amide bonds. The number of hydrogen-bond donors (Lipinski definition) is 2. The van der Waals surface area contributed by atoms with Gasteiger partial charge in [-0.2, -0.15) is 0 Å². The lowest BCUT2D eigenvalue weighted by Crippen LogP contribution is -2.15. The highest BCUT2D eigenvalue weighted by atomic mass is 35.5. The van der Waals surface area contributed by atoms with Crippen molar-refractivity contribution in [3.8, 4) is 0 Å². The molecule has 2 heterocycles. The lowest BCUT2D eigenvalue weighted by Gasteiger charge is -2.01. The summed E-state index contributed by atoms with van der Waals surface area (Å²) in [6.45, 7) is 3.70. The summed E-state index contributed by atoms with van der Waals surface area (Å²) >= 11 is 0. The quantitative estimate of drug-likeness (QED) is 0.665. The number of rotatable bonds is 6. The molecule has 1 aromatic carbocycles. The fraction of sp³-hybridized carbons (Fsp3) is 0.312. The van der Waals surface area contributed by atoms with Gasteiger partial charge in [-0.1, -0.05) is 12.1 Å². The first-order valence-corrected chi connectivity index (χ1v) is 7.01. The molecule has 0 aliphatic rings. The maximum absolute atomic E-state index is 5.51. The van der Waals surface area contributed by atoms with Gasteiger partial charge >= 0.3 is 0 Å². The minimum absolute atomic E-state index is 0. The van der Waals surface area contributed by atoms with Crippen LogP contribution in [0.4, 0.5) is 0 Å². The van der Waals surface area contributed by atoms with Crippen LogP contribution < -0.4 is 5.32 Å². The van der Waals surface area contributed by atoms with E-state index in [0.717, 1.165) is 54.3 Å². The zero-order chi connectivity index (χ0) is 13.8. The van der Waals surface area contributed by atoms with Crippen LogP contribution in [-0.2, 0) is 13.0 Å². The summed E-state index contributed by atoms with van der Waals surface area (Å²) in [5.41, 5.74) is 2.16. The average molecular weight is 342 g/mol. The summed E-state index contributed by atoms with van der Waals surface area (Å²) in [4.78, 5) is 7.92. The number of para-hydroxylation sites is 2. The van der Waals surface area contributed by atoms with Crippen LogP contribution in [0.3, 0.4) is 0 Å². The molecule has 0 aliphatic heterocycles. The number of aryl methyl sites for hydroxylation is 2. The molecule has 3 rings (SSSR count). The predicted octanol–water partition coefficient (Wildman–Crippen LogP) is 4.03. The molecule has 6 heteroatoms. The third-order valence-electron chi connectivity index (χ3n) is 3.30. The summed E-state index contributed by atoms with van der Waals surface area (Å²) in [6, 6.07) is 12.1.